The highest BCUT2D eigenvalue weighted by Gasteiger charge is 2.20. The molecular weight excluding hydrogens is 224 g/mol. The molecule has 2 rings (SSSR count). The summed E-state index contributed by atoms with van der Waals surface area (Å²) in [6.07, 6.45) is 3.81. The van der Waals surface area contributed by atoms with Crippen molar-refractivity contribution in [3.05, 3.63) is 29.3 Å². The van der Waals surface area contributed by atoms with E-state index in [1.807, 2.05) is 7.05 Å². The molecule has 1 aliphatic rings. The number of carbonyl (C=O) groups is 1. The third kappa shape index (κ3) is 2.91. The first-order chi connectivity index (χ1) is 8.72. The Morgan fingerprint density at radius 2 is 2.17 bits per heavy atom. The molecule has 0 bridgehead atoms. The zero-order valence-electron chi connectivity index (χ0n) is 11.3. The second-order valence-electron chi connectivity index (χ2n) is 4.87. The van der Waals surface area contributed by atoms with Crippen molar-refractivity contribution in [2.45, 2.75) is 32.6 Å². The summed E-state index contributed by atoms with van der Waals surface area (Å²) in [5, 5.41) is 3.34. The van der Waals surface area contributed by atoms with E-state index in [0.717, 1.165) is 31.6 Å². The molecule has 1 N–H and O–H groups in total. The minimum absolute atomic E-state index is 0.224. The molecule has 1 aromatic carbocycles. The molecule has 1 aromatic rings. The predicted octanol–water partition coefficient (Wildman–Crippen LogP) is 2.14. The van der Waals surface area contributed by atoms with E-state index in [9.17, 15) is 4.79 Å². The van der Waals surface area contributed by atoms with E-state index in [1.54, 1.807) is 4.90 Å². The Kier molecular flexibility index (Phi) is 4.37. The molecule has 0 radical (unpaired) electrons. The molecule has 18 heavy (non-hydrogen) atoms. The van der Waals surface area contributed by atoms with E-state index < -0.39 is 0 Å². The fraction of sp³-hybridized carbons (Fsp3) is 0.533. The minimum Gasteiger partial charge on any atom is -0.317 e. The first-order valence-electron chi connectivity index (χ1n) is 6.81. The van der Waals surface area contributed by atoms with Crippen LogP contribution in [0, 0.1) is 0 Å². The summed E-state index contributed by atoms with van der Waals surface area (Å²) < 4.78 is 0. The van der Waals surface area contributed by atoms with E-state index in [1.165, 1.54) is 17.5 Å². The quantitative estimate of drug-likeness (QED) is 0.807. The van der Waals surface area contributed by atoms with Crippen LogP contribution in [0.1, 0.15) is 30.9 Å². The van der Waals surface area contributed by atoms with Crippen LogP contribution in [0.2, 0.25) is 0 Å². The maximum Gasteiger partial charge on any atom is 0.227 e. The molecule has 0 aliphatic carbocycles. The topological polar surface area (TPSA) is 32.3 Å². The van der Waals surface area contributed by atoms with Gasteiger partial charge in [-0.05, 0) is 49.5 Å². The SMILES string of the molecule is CCNCCCc1ccc2c(c1)CCC(=O)N2C. The van der Waals surface area contributed by atoms with Crippen LogP contribution in [-0.4, -0.2) is 26.0 Å². The number of anilines is 1. The fourth-order valence-electron chi connectivity index (χ4n) is 2.46. The molecule has 0 fully saturated rings. The normalized spacial score (nSPS) is 14.8. The number of aryl methyl sites for hydroxylation is 2. The maximum absolute atomic E-state index is 11.6. The third-order valence-electron chi connectivity index (χ3n) is 3.56. The first kappa shape index (κ1) is 13.1. The van der Waals surface area contributed by atoms with Crippen LogP contribution in [0.3, 0.4) is 0 Å². The third-order valence-corrected chi connectivity index (χ3v) is 3.56. The van der Waals surface area contributed by atoms with Crippen molar-refractivity contribution in [1.82, 2.24) is 5.32 Å². The molecule has 0 unspecified atom stereocenters. The van der Waals surface area contributed by atoms with Crippen LogP contribution in [0.4, 0.5) is 5.69 Å². The largest absolute Gasteiger partial charge is 0.317 e. The van der Waals surface area contributed by atoms with Crippen molar-refractivity contribution in [2.75, 3.05) is 25.0 Å². The Bertz CT molecular complexity index is 429. The van der Waals surface area contributed by atoms with Crippen LogP contribution < -0.4 is 10.2 Å². The van der Waals surface area contributed by atoms with Gasteiger partial charge in [-0.15, -0.1) is 0 Å². The molecule has 3 nitrogen and oxygen atoms in total. The maximum atomic E-state index is 11.6. The molecule has 98 valence electrons. The second kappa shape index (κ2) is 6.01. The lowest BCUT2D eigenvalue weighted by Crippen LogP contribution is -2.31. The van der Waals surface area contributed by atoms with E-state index in [-0.39, 0.29) is 5.91 Å². The van der Waals surface area contributed by atoms with Crippen LogP contribution in [-0.2, 0) is 17.6 Å². The standard InChI is InChI=1S/C15H22N2O/c1-3-16-10-4-5-12-6-8-14-13(11-12)7-9-15(18)17(14)2/h6,8,11,16H,3-5,7,9-10H2,1-2H3. The van der Waals surface area contributed by atoms with Gasteiger partial charge in [-0.3, -0.25) is 4.79 Å². The average Bonchev–Trinajstić information content (AvgIpc) is 2.39. The Labute approximate surface area is 109 Å². The zero-order valence-corrected chi connectivity index (χ0v) is 11.3. The molecular formula is C15H22N2O. The second-order valence-corrected chi connectivity index (χ2v) is 4.87. The Morgan fingerprint density at radius 3 is 2.94 bits per heavy atom. The molecule has 0 saturated heterocycles. The number of amides is 1. The van der Waals surface area contributed by atoms with Gasteiger partial charge in [0.2, 0.25) is 5.91 Å². The number of fused-ring (bicyclic) bond motifs is 1. The van der Waals surface area contributed by atoms with Gasteiger partial charge < -0.3 is 10.2 Å². The highest BCUT2D eigenvalue weighted by molar-refractivity contribution is 5.95. The van der Waals surface area contributed by atoms with Gasteiger partial charge in [0.1, 0.15) is 0 Å². The van der Waals surface area contributed by atoms with Gasteiger partial charge in [0.05, 0.1) is 0 Å². The lowest BCUT2D eigenvalue weighted by atomic mass is 9.97. The summed E-state index contributed by atoms with van der Waals surface area (Å²) in [5.74, 6) is 0.224. The number of benzene rings is 1. The number of hydrogen-bond donors (Lipinski definition) is 1. The fourth-order valence-corrected chi connectivity index (χ4v) is 2.46. The molecule has 0 aromatic heterocycles. The molecule has 0 saturated carbocycles. The van der Waals surface area contributed by atoms with Crippen molar-refractivity contribution < 1.29 is 4.79 Å². The Morgan fingerprint density at radius 1 is 1.33 bits per heavy atom. The lowest BCUT2D eigenvalue weighted by molar-refractivity contribution is -0.118. The van der Waals surface area contributed by atoms with Gasteiger partial charge in [-0.2, -0.15) is 0 Å². The van der Waals surface area contributed by atoms with Crippen LogP contribution in [0.5, 0.6) is 0 Å². The van der Waals surface area contributed by atoms with Gasteiger partial charge in [-0.25, -0.2) is 0 Å². The van der Waals surface area contributed by atoms with Crippen molar-refractivity contribution in [3.8, 4) is 0 Å². The lowest BCUT2D eigenvalue weighted by Gasteiger charge is -2.26. The van der Waals surface area contributed by atoms with Crippen molar-refractivity contribution >= 4 is 11.6 Å². The highest BCUT2D eigenvalue weighted by atomic mass is 16.2. The van der Waals surface area contributed by atoms with Gasteiger partial charge in [0, 0.05) is 19.2 Å². The minimum atomic E-state index is 0.224. The molecule has 1 heterocycles. The highest BCUT2D eigenvalue weighted by Crippen LogP contribution is 2.27. The summed E-state index contributed by atoms with van der Waals surface area (Å²) in [6, 6.07) is 6.51. The van der Waals surface area contributed by atoms with Gasteiger partial charge in [0.25, 0.3) is 0 Å². The molecule has 0 spiro atoms. The summed E-state index contributed by atoms with van der Waals surface area (Å²) in [5.41, 5.74) is 3.79. The van der Waals surface area contributed by atoms with Crippen molar-refractivity contribution in [3.63, 3.8) is 0 Å². The Hall–Kier alpha value is -1.35. The predicted molar refractivity (Wildman–Crippen MR) is 75.0 cm³/mol. The van der Waals surface area contributed by atoms with Gasteiger partial charge in [0.15, 0.2) is 0 Å². The monoisotopic (exact) mass is 246 g/mol. The van der Waals surface area contributed by atoms with Crippen LogP contribution >= 0.6 is 0 Å². The summed E-state index contributed by atoms with van der Waals surface area (Å²) in [6.45, 7) is 4.24. The van der Waals surface area contributed by atoms with E-state index in [0.29, 0.717) is 6.42 Å². The smallest absolute Gasteiger partial charge is 0.227 e. The van der Waals surface area contributed by atoms with E-state index in [4.69, 9.17) is 0 Å². The molecule has 1 amide bonds. The summed E-state index contributed by atoms with van der Waals surface area (Å²) in [4.78, 5) is 13.4. The molecule has 0 atom stereocenters. The number of rotatable bonds is 5. The number of nitrogens with zero attached hydrogens (tertiary/aromatic N) is 1. The summed E-state index contributed by atoms with van der Waals surface area (Å²) >= 11 is 0. The first-order valence-corrected chi connectivity index (χ1v) is 6.81. The Balaban J connectivity index is 2.01. The number of carbonyl (C=O) groups excluding carboxylic acids is 1. The number of hydrogen-bond acceptors (Lipinski definition) is 2. The van der Waals surface area contributed by atoms with E-state index in [2.05, 4.69) is 30.4 Å². The van der Waals surface area contributed by atoms with Gasteiger partial charge in [-0.1, -0.05) is 19.1 Å². The van der Waals surface area contributed by atoms with Crippen LogP contribution in [0.25, 0.3) is 0 Å². The zero-order chi connectivity index (χ0) is 13.0. The van der Waals surface area contributed by atoms with Crippen molar-refractivity contribution in [1.29, 1.82) is 0 Å². The van der Waals surface area contributed by atoms with E-state index >= 15 is 0 Å². The summed E-state index contributed by atoms with van der Waals surface area (Å²) in [7, 11) is 1.87. The van der Waals surface area contributed by atoms with Crippen molar-refractivity contribution in [2.24, 2.45) is 0 Å². The van der Waals surface area contributed by atoms with Crippen LogP contribution in [0.15, 0.2) is 18.2 Å². The van der Waals surface area contributed by atoms with Gasteiger partial charge >= 0.3 is 0 Å². The average molecular weight is 246 g/mol. The number of nitrogens with one attached hydrogen (secondary N) is 1. The molecule has 1 aliphatic heterocycles. The molecule has 3 heteroatoms.